The van der Waals surface area contributed by atoms with Gasteiger partial charge in [0.25, 0.3) is 5.91 Å². The van der Waals surface area contributed by atoms with Gasteiger partial charge in [-0.1, -0.05) is 12.1 Å². The number of para-hydroxylation sites is 1. The number of hydrogen-bond donors (Lipinski definition) is 2. The molecule has 2 N–H and O–H groups in total. The number of benzene rings is 1. The van der Waals surface area contributed by atoms with Crippen molar-refractivity contribution < 1.29 is 14.6 Å². The highest BCUT2D eigenvalue weighted by Gasteiger charge is 2.29. The third-order valence-corrected chi connectivity index (χ3v) is 3.23. The number of aromatic hydroxyl groups is 1. The molecule has 1 aliphatic heterocycles. The molecule has 1 aliphatic rings. The van der Waals surface area contributed by atoms with Gasteiger partial charge in [-0.15, -0.1) is 0 Å². The van der Waals surface area contributed by atoms with Gasteiger partial charge in [0.1, 0.15) is 5.70 Å². The first-order valence-electron chi connectivity index (χ1n) is 6.37. The van der Waals surface area contributed by atoms with Crippen molar-refractivity contribution in [3.63, 3.8) is 0 Å². The van der Waals surface area contributed by atoms with Crippen LogP contribution in [0.1, 0.15) is 19.4 Å². The number of nitrogens with zero attached hydrogens (tertiary/aromatic N) is 1. The van der Waals surface area contributed by atoms with Crippen LogP contribution in [-0.2, 0) is 4.79 Å². The topological polar surface area (TPSA) is 61.8 Å². The van der Waals surface area contributed by atoms with Gasteiger partial charge in [0, 0.05) is 12.1 Å². The largest absolute Gasteiger partial charge is 0.504 e. The highest BCUT2D eigenvalue weighted by molar-refractivity contribution is 7.80. The van der Waals surface area contributed by atoms with Crippen molar-refractivity contribution in [1.29, 1.82) is 0 Å². The number of likely N-dealkylation sites (N-methyl/N-ethyl adjacent to an activating group) is 1. The molecule has 20 heavy (non-hydrogen) atoms. The number of phenolic OH excluding ortho intramolecular Hbond substituents is 1. The molecule has 106 valence electrons. The maximum Gasteiger partial charge on any atom is 0.276 e. The van der Waals surface area contributed by atoms with Crippen LogP contribution in [0.5, 0.6) is 11.5 Å². The van der Waals surface area contributed by atoms with Crippen molar-refractivity contribution in [2.45, 2.75) is 13.8 Å². The van der Waals surface area contributed by atoms with Gasteiger partial charge in [0.2, 0.25) is 0 Å². The Bertz CT molecular complexity index is 584. The fraction of sp³-hybridized carbons (Fsp3) is 0.286. The predicted molar refractivity (Wildman–Crippen MR) is 80.4 cm³/mol. The zero-order valence-electron chi connectivity index (χ0n) is 11.3. The highest BCUT2D eigenvalue weighted by Crippen LogP contribution is 2.31. The van der Waals surface area contributed by atoms with Crippen molar-refractivity contribution in [3.8, 4) is 11.5 Å². The molecule has 0 radical (unpaired) electrons. The molecule has 0 spiro atoms. The summed E-state index contributed by atoms with van der Waals surface area (Å²) in [5, 5.41) is 13.3. The molecule has 1 saturated heterocycles. The second kappa shape index (κ2) is 5.92. The Kier molecular flexibility index (Phi) is 4.24. The third-order valence-electron chi connectivity index (χ3n) is 2.91. The van der Waals surface area contributed by atoms with Crippen LogP contribution in [0.3, 0.4) is 0 Å². The first-order valence-corrected chi connectivity index (χ1v) is 6.78. The molecule has 0 atom stereocenters. The second-order valence-corrected chi connectivity index (χ2v) is 4.55. The van der Waals surface area contributed by atoms with E-state index < -0.39 is 0 Å². The minimum Gasteiger partial charge on any atom is -0.504 e. The molecule has 0 bridgehead atoms. The summed E-state index contributed by atoms with van der Waals surface area (Å²) in [4.78, 5) is 13.5. The van der Waals surface area contributed by atoms with Gasteiger partial charge in [0.05, 0.1) is 6.61 Å². The van der Waals surface area contributed by atoms with Crippen molar-refractivity contribution in [2.24, 2.45) is 0 Å². The van der Waals surface area contributed by atoms with Gasteiger partial charge in [-0.25, -0.2) is 0 Å². The third kappa shape index (κ3) is 2.60. The number of hydrogen-bond acceptors (Lipinski definition) is 4. The molecule has 6 heteroatoms. The van der Waals surface area contributed by atoms with E-state index in [0.29, 0.717) is 35.3 Å². The molecular weight excluding hydrogens is 276 g/mol. The Balaban J connectivity index is 2.34. The van der Waals surface area contributed by atoms with Crippen LogP contribution in [0.4, 0.5) is 0 Å². The lowest BCUT2D eigenvalue weighted by atomic mass is 10.1. The van der Waals surface area contributed by atoms with E-state index >= 15 is 0 Å². The van der Waals surface area contributed by atoms with Gasteiger partial charge >= 0.3 is 0 Å². The molecule has 1 amide bonds. The molecular formula is C14H16N2O3S. The summed E-state index contributed by atoms with van der Waals surface area (Å²) >= 11 is 5.08. The normalized spacial score (nSPS) is 16.7. The fourth-order valence-electron chi connectivity index (χ4n) is 1.94. The van der Waals surface area contributed by atoms with Gasteiger partial charge in [-0.3, -0.25) is 9.69 Å². The summed E-state index contributed by atoms with van der Waals surface area (Å²) in [5.74, 6) is 0.207. The molecule has 0 saturated carbocycles. The van der Waals surface area contributed by atoms with Gasteiger partial charge in [-0.05, 0) is 38.2 Å². The standard InChI is InChI=1S/C14H16N2O3S/c1-3-16-13(18)10(15-14(16)20)8-9-6-5-7-11(12(9)17)19-4-2/h5-8,17H,3-4H2,1-2H3,(H,15,20). The van der Waals surface area contributed by atoms with Crippen molar-refractivity contribution in [3.05, 3.63) is 29.5 Å². The van der Waals surface area contributed by atoms with E-state index in [9.17, 15) is 9.90 Å². The molecule has 0 aromatic heterocycles. The summed E-state index contributed by atoms with van der Waals surface area (Å²) in [6, 6.07) is 5.14. The molecule has 5 nitrogen and oxygen atoms in total. The van der Waals surface area contributed by atoms with Crippen LogP contribution >= 0.6 is 12.2 Å². The SMILES string of the molecule is CCOc1cccc(C=C2NC(=S)N(CC)C2=O)c1O. The number of amides is 1. The Labute approximate surface area is 122 Å². The minimum absolute atomic E-state index is 0.0114. The average Bonchev–Trinajstić information content (AvgIpc) is 2.69. The van der Waals surface area contributed by atoms with E-state index in [1.165, 1.54) is 4.90 Å². The van der Waals surface area contributed by atoms with E-state index in [-0.39, 0.29) is 11.7 Å². The lowest BCUT2D eigenvalue weighted by Crippen LogP contribution is -2.30. The number of carbonyl (C=O) groups is 1. The summed E-state index contributed by atoms with van der Waals surface area (Å²) < 4.78 is 5.31. The minimum atomic E-state index is -0.196. The average molecular weight is 292 g/mol. The van der Waals surface area contributed by atoms with Gasteiger partial charge < -0.3 is 15.2 Å². The molecule has 1 fully saturated rings. The summed E-state index contributed by atoms with van der Waals surface area (Å²) in [6.07, 6.45) is 1.57. The monoisotopic (exact) mass is 292 g/mol. The number of ether oxygens (including phenoxy) is 1. The molecule has 1 heterocycles. The van der Waals surface area contributed by atoms with Crippen LogP contribution in [0.2, 0.25) is 0 Å². The Morgan fingerprint density at radius 2 is 2.20 bits per heavy atom. The van der Waals surface area contributed by atoms with Crippen molar-refractivity contribution in [1.82, 2.24) is 10.2 Å². The highest BCUT2D eigenvalue weighted by atomic mass is 32.1. The first-order chi connectivity index (χ1) is 9.58. The first kappa shape index (κ1) is 14.3. The molecule has 0 aliphatic carbocycles. The van der Waals surface area contributed by atoms with Crippen LogP contribution in [0.15, 0.2) is 23.9 Å². The van der Waals surface area contributed by atoms with Crippen LogP contribution < -0.4 is 10.1 Å². The zero-order chi connectivity index (χ0) is 14.7. The van der Waals surface area contributed by atoms with Crippen LogP contribution in [-0.4, -0.2) is 34.2 Å². The second-order valence-electron chi connectivity index (χ2n) is 4.16. The number of carbonyl (C=O) groups excluding carboxylic acids is 1. The Morgan fingerprint density at radius 3 is 2.80 bits per heavy atom. The number of phenols is 1. The molecule has 1 aromatic carbocycles. The molecule has 0 unspecified atom stereocenters. The Morgan fingerprint density at radius 1 is 1.45 bits per heavy atom. The van der Waals surface area contributed by atoms with E-state index in [1.807, 2.05) is 13.8 Å². The van der Waals surface area contributed by atoms with E-state index in [4.69, 9.17) is 17.0 Å². The summed E-state index contributed by atoms with van der Waals surface area (Å²) in [7, 11) is 0. The molecule has 1 aromatic rings. The smallest absolute Gasteiger partial charge is 0.276 e. The lowest BCUT2D eigenvalue weighted by Gasteiger charge is -2.09. The van der Waals surface area contributed by atoms with Crippen LogP contribution in [0.25, 0.3) is 6.08 Å². The summed E-state index contributed by atoms with van der Waals surface area (Å²) in [6.45, 7) is 4.65. The number of thiocarbonyl (C=S) groups is 1. The predicted octanol–water partition coefficient (Wildman–Crippen LogP) is 1.87. The fourth-order valence-corrected chi connectivity index (χ4v) is 2.26. The van der Waals surface area contributed by atoms with Gasteiger partial charge in [-0.2, -0.15) is 0 Å². The van der Waals surface area contributed by atoms with E-state index in [1.54, 1.807) is 24.3 Å². The van der Waals surface area contributed by atoms with Crippen LogP contribution in [0, 0.1) is 0 Å². The molecule has 2 rings (SSSR count). The number of rotatable bonds is 4. The maximum absolute atomic E-state index is 12.1. The van der Waals surface area contributed by atoms with Crippen molar-refractivity contribution in [2.75, 3.05) is 13.2 Å². The van der Waals surface area contributed by atoms with Crippen molar-refractivity contribution >= 4 is 29.3 Å². The summed E-state index contributed by atoms with van der Waals surface area (Å²) in [5.41, 5.74) is 0.855. The Hall–Kier alpha value is -2.08. The van der Waals surface area contributed by atoms with Gasteiger partial charge in [0.15, 0.2) is 16.6 Å². The lowest BCUT2D eigenvalue weighted by molar-refractivity contribution is -0.122. The maximum atomic E-state index is 12.1. The van der Waals surface area contributed by atoms with E-state index in [0.717, 1.165) is 0 Å². The van der Waals surface area contributed by atoms with E-state index in [2.05, 4.69) is 5.32 Å². The quantitative estimate of drug-likeness (QED) is 0.655. The zero-order valence-corrected chi connectivity index (χ0v) is 12.2. The number of nitrogens with one attached hydrogen (secondary N) is 1.